The molecule has 1 aliphatic heterocycles. The minimum absolute atomic E-state index is 0.0291. The van der Waals surface area contributed by atoms with E-state index in [0.717, 1.165) is 57.0 Å². The number of benzene rings is 3. The Hall–Kier alpha value is -3.52. The van der Waals surface area contributed by atoms with Crippen LogP contribution in [0.4, 0.5) is 0 Å². The molecule has 3 aromatic carbocycles. The number of nitrogens with zero attached hydrogens (tertiary/aromatic N) is 4. The van der Waals surface area contributed by atoms with Gasteiger partial charge in [0.05, 0.1) is 24.6 Å². The lowest BCUT2D eigenvalue weighted by molar-refractivity contribution is -0.143. The number of esters is 1. The molecule has 1 aromatic heterocycles. The van der Waals surface area contributed by atoms with Crippen LogP contribution in [0.1, 0.15) is 78.5 Å². The van der Waals surface area contributed by atoms with Crippen LogP contribution < -0.4 is 4.18 Å². The van der Waals surface area contributed by atoms with Crippen LogP contribution in [0.25, 0.3) is 11.0 Å². The Bertz CT molecular complexity index is 1880. The van der Waals surface area contributed by atoms with Gasteiger partial charge in [0.2, 0.25) is 0 Å². The molecule has 0 spiro atoms. The number of hydrogen-bond acceptors (Lipinski definition) is 9. The van der Waals surface area contributed by atoms with Crippen LogP contribution in [0.5, 0.6) is 11.5 Å². The zero-order chi connectivity index (χ0) is 34.6. The van der Waals surface area contributed by atoms with Crippen LogP contribution in [0.15, 0.2) is 48.5 Å². The average Bonchev–Trinajstić information content (AvgIpc) is 3.46. The van der Waals surface area contributed by atoms with E-state index in [4.69, 9.17) is 13.7 Å². The third kappa shape index (κ3) is 7.69. The van der Waals surface area contributed by atoms with E-state index in [-0.39, 0.29) is 43.0 Å². The highest BCUT2D eigenvalue weighted by Gasteiger charge is 2.37. The second-order valence-corrected chi connectivity index (χ2v) is 14.6. The van der Waals surface area contributed by atoms with Gasteiger partial charge in [-0.05, 0) is 98.5 Å². The van der Waals surface area contributed by atoms with Crippen molar-refractivity contribution in [2.24, 2.45) is 5.92 Å². The number of halogens is 1. The number of carbonyl (C=O) groups is 1. The summed E-state index contributed by atoms with van der Waals surface area (Å²) in [4.78, 5) is 13.0. The van der Waals surface area contributed by atoms with Crippen molar-refractivity contribution in [1.29, 1.82) is 0 Å². The first-order valence-electron chi connectivity index (χ1n) is 16.1. The lowest BCUT2D eigenvalue weighted by Crippen LogP contribution is -2.39. The summed E-state index contributed by atoms with van der Waals surface area (Å²) in [6.07, 6.45) is 1.99. The SMILES string of the molecule is CCOC(=O)CC(c1ccc(C)c([C@@H](C)N2Cc3cc(O)ccc3OS2(=O)=O)c1)c1ccc2c(nnn2CC(CCBr)CCOC)c1C. The maximum Gasteiger partial charge on any atom is 0.386 e. The Morgan fingerprint density at radius 3 is 2.62 bits per heavy atom. The Morgan fingerprint density at radius 2 is 1.90 bits per heavy atom. The van der Waals surface area contributed by atoms with Gasteiger partial charge in [0.25, 0.3) is 0 Å². The van der Waals surface area contributed by atoms with Crippen molar-refractivity contribution in [2.45, 2.75) is 72.0 Å². The minimum Gasteiger partial charge on any atom is -0.508 e. The molecule has 0 aliphatic carbocycles. The van der Waals surface area contributed by atoms with Crippen molar-refractivity contribution in [2.75, 3.05) is 25.7 Å². The smallest absolute Gasteiger partial charge is 0.386 e. The number of hydrogen-bond donors (Lipinski definition) is 1. The molecule has 5 rings (SSSR count). The Balaban J connectivity index is 1.52. The van der Waals surface area contributed by atoms with E-state index >= 15 is 0 Å². The van der Waals surface area contributed by atoms with Gasteiger partial charge in [-0.3, -0.25) is 4.79 Å². The van der Waals surface area contributed by atoms with Crippen LogP contribution in [-0.2, 0) is 37.7 Å². The maximum atomic E-state index is 13.3. The summed E-state index contributed by atoms with van der Waals surface area (Å²) in [6.45, 7) is 9.20. The first kappa shape index (κ1) is 35.8. The van der Waals surface area contributed by atoms with Crippen molar-refractivity contribution in [3.05, 3.63) is 81.9 Å². The highest BCUT2D eigenvalue weighted by atomic mass is 79.9. The number of aromatic hydroxyl groups is 1. The van der Waals surface area contributed by atoms with Crippen molar-refractivity contribution in [3.8, 4) is 11.5 Å². The molecule has 0 fully saturated rings. The molecule has 1 aliphatic rings. The zero-order valence-corrected chi connectivity index (χ0v) is 30.4. The number of aromatic nitrogens is 3. The predicted molar refractivity (Wildman–Crippen MR) is 187 cm³/mol. The fourth-order valence-corrected chi connectivity index (χ4v) is 8.42. The van der Waals surface area contributed by atoms with Gasteiger partial charge in [0, 0.05) is 43.6 Å². The normalized spacial score (nSPS) is 16.2. The second-order valence-electron chi connectivity index (χ2n) is 12.3. The molecule has 48 heavy (non-hydrogen) atoms. The van der Waals surface area contributed by atoms with Crippen LogP contribution in [-0.4, -0.2) is 64.4 Å². The van der Waals surface area contributed by atoms with Gasteiger partial charge in [-0.15, -0.1) is 5.10 Å². The van der Waals surface area contributed by atoms with Crippen molar-refractivity contribution in [3.63, 3.8) is 0 Å². The molecule has 2 unspecified atom stereocenters. The zero-order valence-electron chi connectivity index (χ0n) is 28.0. The van der Waals surface area contributed by atoms with Gasteiger partial charge in [0.15, 0.2) is 0 Å². The first-order valence-corrected chi connectivity index (χ1v) is 18.6. The van der Waals surface area contributed by atoms with E-state index in [9.17, 15) is 18.3 Å². The van der Waals surface area contributed by atoms with Crippen molar-refractivity contribution in [1.82, 2.24) is 19.3 Å². The lowest BCUT2D eigenvalue weighted by Gasteiger charge is -2.33. The summed E-state index contributed by atoms with van der Waals surface area (Å²) in [5.41, 5.74) is 6.60. The summed E-state index contributed by atoms with van der Waals surface area (Å²) < 4.78 is 46.0. The van der Waals surface area contributed by atoms with Crippen LogP contribution >= 0.6 is 15.9 Å². The molecule has 3 atom stereocenters. The molecule has 13 heteroatoms. The number of methoxy groups -OCH3 is 1. The molecule has 1 N–H and O–H groups in total. The minimum atomic E-state index is -4.12. The molecule has 4 aromatic rings. The van der Waals surface area contributed by atoms with Gasteiger partial charge in [-0.25, -0.2) is 4.68 Å². The van der Waals surface area contributed by atoms with Gasteiger partial charge >= 0.3 is 16.3 Å². The number of phenols is 1. The number of aryl methyl sites for hydroxylation is 2. The standard InChI is InChI=1S/C35H43BrN4O7S/c1-6-46-34(42)19-31(29-10-11-32-35(23(29)3)37-38-39(32)20-25(13-15-36)14-16-45-5)26-8-7-22(2)30(18-26)24(4)40-21-27-17-28(41)9-12-33(27)47-48(40,43)44/h7-12,17-18,24-25,31,41H,6,13-16,19-21H2,1-5H3/t24-,25?,31?/m1/s1. The lowest BCUT2D eigenvalue weighted by atomic mass is 9.83. The summed E-state index contributed by atoms with van der Waals surface area (Å²) in [5, 5.41) is 20.0. The second kappa shape index (κ2) is 15.4. The van der Waals surface area contributed by atoms with Gasteiger partial charge in [-0.2, -0.15) is 12.7 Å². The number of ether oxygens (including phenoxy) is 2. The Kier molecular flexibility index (Phi) is 11.4. The van der Waals surface area contributed by atoms with E-state index in [1.807, 2.05) is 55.8 Å². The molecule has 0 saturated heterocycles. The van der Waals surface area contributed by atoms with Gasteiger partial charge in [0.1, 0.15) is 17.0 Å². The van der Waals surface area contributed by atoms with Crippen molar-refractivity contribution < 1.29 is 32.0 Å². The summed E-state index contributed by atoms with van der Waals surface area (Å²) in [6, 6.07) is 13.7. The maximum absolute atomic E-state index is 13.3. The highest BCUT2D eigenvalue weighted by Crippen LogP contribution is 2.40. The quantitative estimate of drug-likeness (QED) is 0.114. The van der Waals surface area contributed by atoms with Crippen LogP contribution in [0, 0.1) is 19.8 Å². The molecule has 0 amide bonds. The third-order valence-electron chi connectivity index (χ3n) is 9.15. The molecule has 0 bridgehead atoms. The summed E-state index contributed by atoms with van der Waals surface area (Å²) >= 11 is 3.57. The summed E-state index contributed by atoms with van der Waals surface area (Å²) in [7, 11) is -2.41. The van der Waals surface area contributed by atoms with Gasteiger partial charge in [-0.1, -0.05) is 45.4 Å². The van der Waals surface area contributed by atoms with E-state index < -0.39 is 16.3 Å². The van der Waals surface area contributed by atoms with E-state index in [1.165, 1.54) is 22.5 Å². The third-order valence-corrected chi connectivity index (χ3v) is 11.0. The molecule has 11 nitrogen and oxygen atoms in total. The van der Waals surface area contributed by atoms with E-state index in [0.29, 0.717) is 24.6 Å². The molecule has 2 heterocycles. The molecule has 258 valence electrons. The van der Waals surface area contributed by atoms with Gasteiger partial charge < -0.3 is 18.8 Å². The van der Waals surface area contributed by atoms with E-state index in [1.54, 1.807) is 14.0 Å². The van der Waals surface area contributed by atoms with E-state index in [2.05, 4.69) is 26.2 Å². The number of alkyl halides is 1. The topological polar surface area (TPSA) is 133 Å². The van der Waals surface area contributed by atoms with Crippen molar-refractivity contribution >= 4 is 43.2 Å². The number of carbonyl (C=O) groups excluding carboxylic acids is 1. The number of fused-ring (bicyclic) bond motifs is 2. The monoisotopic (exact) mass is 742 g/mol. The molecule has 0 radical (unpaired) electrons. The van der Waals surface area contributed by atoms with Crippen LogP contribution in [0.3, 0.4) is 0 Å². The summed E-state index contributed by atoms with van der Waals surface area (Å²) in [5.74, 6) is -0.124. The molecule has 0 saturated carbocycles. The Labute approximate surface area is 290 Å². The highest BCUT2D eigenvalue weighted by molar-refractivity contribution is 9.09. The molecular formula is C35H43BrN4O7S. The first-order chi connectivity index (χ1) is 23.0. The largest absolute Gasteiger partial charge is 0.508 e. The number of phenolic OH excluding ortho intramolecular Hbond substituents is 1. The Morgan fingerprint density at radius 1 is 1.10 bits per heavy atom. The average molecular weight is 744 g/mol. The number of rotatable bonds is 14. The van der Waals surface area contributed by atoms with Crippen LogP contribution in [0.2, 0.25) is 0 Å². The fraction of sp³-hybridized carbons (Fsp3) is 0.457. The predicted octanol–water partition coefficient (Wildman–Crippen LogP) is 6.48. The fourth-order valence-electron chi connectivity index (χ4n) is 6.49. The molecular weight excluding hydrogens is 700 g/mol.